The van der Waals surface area contributed by atoms with Crippen molar-refractivity contribution in [1.29, 1.82) is 0 Å². The highest BCUT2D eigenvalue weighted by Crippen LogP contribution is 2.33. The van der Waals surface area contributed by atoms with Crippen LogP contribution in [0.5, 0.6) is 0 Å². The molecule has 1 fully saturated rings. The van der Waals surface area contributed by atoms with E-state index in [-0.39, 0.29) is 17.9 Å². The maximum Gasteiger partial charge on any atom is 0.225 e. The average Bonchev–Trinajstić information content (AvgIpc) is 3.14. The first kappa shape index (κ1) is 15.7. The number of carbonyl (C=O) groups is 1. The van der Waals surface area contributed by atoms with Gasteiger partial charge in [0, 0.05) is 29.8 Å². The van der Waals surface area contributed by atoms with Crippen LogP contribution in [0.4, 0.5) is 0 Å². The van der Waals surface area contributed by atoms with E-state index in [1.165, 1.54) is 0 Å². The van der Waals surface area contributed by atoms with Crippen molar-refractivity contribution in [2.45, 2.75) is 46.6 Å². The van der Waals surface area contributed by atoms with E-state index in [0.29, 0.717) is 0 Å². The van der Waals surface area contributed by atoms with Gasteiger partial charge in [-0.15, -0.1) is 0 Å². The van der Waals surface area contributed by atoms with Crippen LogP contribution in [-0.2, 0) is 4.79 Å². The summed E-state index contributed by atoms with van der Waals surface area (Å²) in [4.78, 5) is 19.0. The molecule has 1 unspecified atom stereocenters. The maximum absolute atomic E-state index is 12.3. The molecule has 0 spiro atoms. The Morgan fingerprint density at radius 2 is 2.13 bits per heavy atom. The fraction of sp³-hybridized carbons (Fsp3) is 0.500. The summed E-state index contributed by atoms with van der Waals surface area (Å²) >= 11 is 0. The number of rotatable bonds is 3. The zero-order valence-electron chi connectivity index (χ0n) is 14.2. The molecule has 1 aliphatic rings. The zero-order chi connectivity index (χ0) is 16.6. The third kappa shape index (κ3) is 2.87. The lowest BCUT2D eigenvalue weighted by Crippen LogP contribution is -2.34. The number of carbonyl (C=O) groups excluding carboxylic acids is 1. The number of aryl methyl sites for hydroxylation is 2. The number of pyridine rings is 1. The topological polar surface area (TPSA) is 59.2 Å². The van der Waals surface area contributed by atoms with Crippen molar-refractivity contribution in [2.24, 2.45) is 5.92 Å². The highest BCUT2D eigenvalue weighted by molar-refractivity contribution is 5.79. The van der Waals surface area contributed by atoms with Crippen molar-refractivity contribution < 1.29 is 9.32 Å². The minimum atomic E-state index is 0.0252. The van der Waals surface area contributed by atoms with Gasteiger partial charge in [-0.3, -0.25) is 9.78 Å². The van der Waals surface area contributed by atoms with Crippen LogP contribution in [0, 0.1) is 19.8 Å². The molecule has 3 heterocycles. The van der Waals surface area contributed by atoms with Crippen LogP contribution in [0.1, 0.15) is 49.9 Å². The number of hydrogen-bond acceptors (Lipinski definition) is 4. The van der Waals surface area contributed by atoms with Crippen LogP contribution in [-0.4, -0.2) is 27.5 Å². The Bertz CT molecular complexity index is 684. The van der Waals surface area contributed by atoms with Crippen molar-refractivity contribution in [1.82, 2.24) is 15.0 Å². The van der Waals surface area contributed by atoms with E-state index in [1.807, 2.05) is 50.9 Å². The first-order valence-electron chi connectivity index (χ1n) is 8.18. The van der Waals surface area contributed by atoms with Gasteiger partial charge in [0.15, 0.2) is 0 Å². The first-order chi connectivity index (χ1) is 11.0. The predicted molar refractivity (Wildman–Crippen MR) is 87.7 cm³/mol. The Kier molecular flexibility index (Phi) is 4.20. The van der Waals surface area contributed by atoms with Gasteiger partial charge in [0.2, 0.25) is 5.91 Å². The summed E-state index contributed by atoms with van der Waals surface area (Å²) in [5.74, 6) is 1.04. The fourth-order valence-electron chi connectivity index (χ4n) is 3.32. The molecule has 2 aromatic rings. The molecule has 0 radical (unpaired) electrons. The van der Waals surface area contributed by atoms with Crippen LogP contribution in [0.15, 0.2) is 22.9 Å². The summed E-state index contributed by atoms with van der Waals surface area (Å²) in [7, 11) is 0. The summed E-state index contributed by atoms with van der Waals surface area (Å²) < 4.78 is 5.22. The van der Waals surface area contributed by atoms with Crippen molar-refractivity contribution in [3.05, 3.63) is 35.5 Å². The third-order valence-electron chi connectivity index (χ3n) is 4.48. The summed E-state index contributed by atoms with van der Waals surface area (Å²) in [6, 6.07) is 4.17. The van der Waals surface area contributed by atoms with Gasteiger partial charge in [0.1, 0.15) is 5.76 Å². The predicted octanol–water partition coefficient (Wildman–Crippen LogP) is 3.67. The number of aromatic nitrogens is 2. The highest BCUT2D eigenvalue weighted by Gasteiger charge is 2.31. The quantitative estimate of drug-likeness (QED) is 0.867. The molecular formula is C18H23N3O2. The normalized spacial score (nSPS) is 18.0. The molecule has 5 nitrogen and oxygen atoms in total. The Morgan fingerprint density at radius 1 is 1.35 bits per heavy atom. The molecular weight excluding hydrogens is 290 g/mol. The van der Waals surface area contributed by atoms with Crippen molar-refractivity contribution in [3.8, 4) is 11.1 Å². The minimum absolute atomic E-state index is 0.0252. The van der Waals surface area contributed by atoms with E-state index in [2.05, 4.69) is 10.1 Å². The number of hydrogen-bond donors (Lipinski definition) is 0. The molecule has 5 heteroatoms. The van der Waals surface area contributed by atoms with E-state index < -0.39 is 0 Å². The van der Waals surface area contributed by atoms with Crippen molar-refractivity contribution >= 4 is 5.91 Å². The van der Waals surface area contributed by atoms with Gasteiger partial charge in [0.25, 0.3) is 0 Å². The molecule has 1 aliphatic heterocycles. The molecule has 0 saturated carbocycles. The van der Waals surface area contributed by atoms with E-state index in [0.717, 1.165) is 47.7 Å². The molecule has 1 atom stereocenters. The molecule has 0 bridgehead atoms. The second-order valence-corrected chi connectivity index (χ2v) is 6.52. The van der Waals surface area contributed by atoms with Crippen molar-refractivity contribution in [2.75, 3.05) is 6.54 Å². The van der Waals surface area contributed by atoms with Gasteiger partial charge in [-0.2, -0.15) is 0 Å². The van der Waals surface area contributed by atoms with E-state index >= 15 is 0 Å². The molecule has 23 heavy (non-hydrogen) atoms. The lowest BCUT2D eigenvalue weighted by molar-refractivity contribution is -0.135. The summed E-state index contributed by atoms with van der Waals surface area (Å²) in [6.45, 7) is 8.56. The Labute approximate surface area is 136 Å². The Balaban J connectivity index is 1.86. The largest absolute Gasteiger partial charge is 0.361 e. The van der Waals surface area contributed by atoms with Crippen LogP contribution in [0.2, 0.25) is 0 Å². The van der Waals surface area contributed by atoms with E-state index in [1.54, 1.807) is 0 Å². The zero-order valence-corrected chi connectivity index (χ0v) is 14.2. The van der Waals surface area contributed by atoms with Gasteiger partial charge >= 0.3 is 0 Å². The molecule has 122 valence electrons. The molecule has 0 aliphatic carbocycles. The van der Waals surface area contributed by atoms with Crippen LogP contribution in [0.25, 0.3) is 11.1 Å². The van der Waals surface area contributed by atoms with Crippen LogP contribution < -0.4 is 0 Å². The molecule has 3 rings (SSSR count). The van der Waals surface area contributed by atoms with Crippen molar-refractivity contribution in [3.63, 3.8) is 0 Å². The smallest absolute Gasteiger partial charge is 0.225 e. The summed E-state index contributed by atoms with van der Waals surface area (Å²) in [6.07, 6.45) is 3.88. The van der Waals surface area contributed by atoms with Gasteiger partial charge in [0.05, 0.1) is 17.4 Å². The molecule has 1 saturated heterocycles. The second kappa shape index (κ2) is 6.14. The number of amides is 1. The van der Waals surface area contributed by atoms with Gasteiger partial charge < -0.3 is 9.42 Å². The highest BCUT2D eigenvalue weighted by atomic mass is 16.5. The van der Waals surface area contributed by atoms with Gasteiger partial charge in [-0.05, 0) is 32.8 Å². The Hall–Kier alpha value is -2.17. The average molecular weight is 313 g/mol. The second-order valence-electron chi connectivity index (χ2n) is 6.52. The summed E-state index contributed by atoms with van der Waals surface area (Å²) in [5, 5.41) is 3.99. The molecule has 2 aromatic heterocycles. The molecule has 1 amide bonds. The lowest BCUT2D eigenvalue weighted by Gasteiger charge is -2.26. The molecule has 0 N–H and O–H groups in total. The van der Waals surface area contributed by atoms with E-state index in [4.69, 9.17) is 4.52 Å². The van der Waals surface area contributed by atoms with Crippen LogP contribution >= 0.6 is 0 Å². The first-order valence-corrected chi connectivity index (χ1v) is 8.18. The van der Waals surface area contributed by atoms with E-state index in [9.17, 15) is 4.79 Å². The third-order valence-corrected chi connectivity index (χ3v) is 4.48. The lowest BCUT2D eigenvalue weighted by atomic mass is 10.0. The minimum Gasteiger partial charge on any atom is -0.361 e. The van der Waals surface area contributed by atoms with Crippen LogP contribution in [0.3, 0.4) is 0 Å². The fourth-order valence-corrected chi connectivity index (χ4v) is 3.32. The monoisotopic (exact) mass is 313 g/mol. The maximum atomic E-state index is 12.3. The molecule has 0 aromatic carbocycles. The number of nitrogens with zero attached hydrogens (tertiary/aromatic N) is 3. The van der Waals surface area contributed by atoms with Gasteiger partial charge in [-0.25, -0.2) is 0 Å². The SMILES string of the molecule is Cc1noc(C)c1-c1ccc(C2CCCN2C(=O)C(C)C)nc1. The van der Waals surface area contributed by atoms with Gasteiger partial charge in [-0.1, -0.05) is 25.1 Å². The standard InChI is InChI=1S/C18H23N3O2/c1-11(2)18(22)21-9-5-6-16(21)15-8-7-14(10-19-15)17-12(3)20-23-13(17)4/h7-8,10-11,16H,5-6,9H2,1-4H3. The summed E-state index contributed by atoms with van der Waals surface area (Å²) in [5.41, 5.74) is 3.84. The number of likely N-dealkylation sites (tertiary alicyclic amines) is 1. The Morgan fingerprint density at radius 3 is 2.70 bits per heavy atom.